The van der Waals surface area contributed by atoms with Crippen LogP contribution < -0.4 is 11.3 Å². The molecular weight excluding hydrogens is 491 g/mol. The van der Waals surface area contributed by atoms with Gasteiger partial charge in [-0.3, -0.25) is 23.2 Å². The quantitative estimate of drug-likeness (QED) is 0.174. The summed E-state index contributed by atoms with van der Waals surface area (Å²) in [4.78, 5) is 50.8. The van der Waals surface area contributed by atoms with Crippen molar-refractivity contribution in [2.45, 2.75) is 50.3 Å². The number of phosphoric acid groups is 1. The number of phosphoric ester groups is 1. The number of hydrogen-bond donors (Lipinski definition) is 6. The second-order valence-corrected chi connectivity index (χ2v) is 9.52. The largest absolute Gasteiger partial charge is 0.480 e. The molecular formula is C18H25N6O10P. The molecule has 1 aliphatic rings. The molecule has 0 aliphatic carbocycles. The van der Waals surface area contributed by atoms with Crippen molar-refractivity contribution in [3.8, 4) is 0 Å². The third-order valence-corrected chi connectivity index (χ3v) is 6.46. The van der Waals surface area contributed by atoms with Crippen LogP contribution in [0.3, 0.4) is 0 Å². The number of fused-ring (bicyclic) bond motifs is 2. The van der Waals surface area contributed by atoms with Crippen LogP contribution in [-0.4, -0.2) is 85.5 Å². The molecule has 0 bridgehead atoms. The number of imidazole rings is 2. The van der Waals surface area contributed by atoms with Gasteiger partial charge in [0.15, 0.2) is 17.4 Å². The zero-order valence-electron chi connectivity index (χ0n) is 18.6. The second-order valence-electron chi connectivity index (χ2n) is 8.28. The van der Waals surface area contributed by atoms with E-state index in [2.05, 4.69) is 14.5 Å². The van der Waals surface area contributed by atoms with Crippen LogP contribution in [0, 0.1) is 6.92 Å². The SMILES string of the molecule is Cc1nc2n(C)c3c(ncn3[C@@H]3O[C@H](COP(=O)(O)O)[C@@H](O)[C@H]3O)c(=O)n2c1CC[C@H](N)C(=O)O. The molecule has 0 unspecified atom stereocenters. The Kier molecular flexibility index (Phi) is 6.58. The molecule has 1 aliphatic heterocycles. The smallest absolute Gasteiger partial charge is 0.469 e. The third-order valence-electron chi connectivity index (χ3n) is 5.97. The fraction of sp³-hybridized carbons (Fsp3) is 0.556. The first-order valence-corrected chi connectivity index (χ1v) is 12.0. The zero-order chi connectivity index (χ0) is 25.8. The maximum Gasteiger partial charge on any atom is 0.469 e. The highest BCUT2D eigenvalue weighted by Crippen LogP contribution is 2.38. The number of aryl methyl sites for hydroxylation is 3. The highest BCUT2D eigenvalue weighted by atomic mass is 31.2. The van der Waals surface area contributed by atoms with E-state index in [0.717, 1.165) is 0 Å². The van der Waals surface area contributed by atoms with Gasteiger partial charge in [-0.2, -0.15) is 0 Å². The molecule has 192 valence electrons. The van der Waals surface area contributed by atoms with Gasteiger partial charge in [0.05, 0.1) is 24.3 Å². The van der Waals surface area contributed by atoms with Gasteiger partial charge in [0.25, 0.3) is 5.56 Å². The molecule has 0 saturated carbocycles. The maximum atomic E-state index is 13.3. The van der Waals surface area contributed by atoms with Crippen molar-refractivity contribution in [2.75, 3.05) is 6.61 Å². The Morgan fingerprint density at radius 2 is 2.03 bits per heavy atom. The normalized spacial score (nSPS) is 24.0. The van der Waals surface area contributed by atoms with E-state index < -0.39 is 56.5 Å². The van der Waals surface area contributed by atoms with Gasteiger partial charge in [0.1, 0.15) is 24.4 Å². The van der Waals surface area contributed by atoms with Crippen LogP contribution in [0.1, 0.15) is 24.0 Å². The lowest BCUT2D eigenvalue weighted by Gasteiger charge is -2.18. The van der Waals surface area contributed by atoms with Crippen LogP contribution in [0.15, 0.2) is 11.1 Å². The molecule has 0 amide bonds. The lowest BCUT2D eigenvalue weighted by Crippen LogP contribution is -2.33. The predicted molar refractivity (Wildman–Crippen MR) is 116 cm³/mol. The molecule has 0 aromatic carbocycles. The van der Waals surface area contributed by atoms with Crippen molar-refractivity contribution >= 4 is 30.7 Å². The van der Waals surface area contributed by atoms with E-state index in [1.165, 1.54) is 19.9 Å². The number of ether oxygens (including phenoxy) is 1. The Balaban J connectivity index is 1.75. The molecule has 16 nitrogen and oxygen atoms in total. The van der Waals surface area contributed by atoms with E-state index in [-0.39, 0.29) is 29.8 Å². The van der Waals surface area contributed by atoms with Gasteiger partial charge < -0.3 is 35.6 Å². The Morgan fingerprint density at radius 3 is 2.66 bits per heavy atom. The summed E-state index contributed by atoms with van der Waals surface area (Å²) in [7, 11) is -3.24. The first-order valence-electron chi connectivity index (χ1n) is 10.4. The van der Waals surface area contributed by atoms with E-state index >= 15 is 0 Å². The van der Waals surface area contributed by atoms with Crippen molar-refractivity contribution in [1.82, 2.24) is 23.5 Å². The third kappa shape index (κ3) is 4.50. The van der Waals surface area contributed by atoms with Crippen molar-refractivity contribution in [3.05, 3.63) is 28.1 Å². The highest BCUT2D eigenvalue weighted by molar-refractivity contribution is 7.46. The molecule has 17 heteroatoms. The number of aliphatic hydroxyl groups is 2. The van der Waals surface area contributed by atoms with Gasteiger partial charge in [-0.15, -0.1) is 0 Å². The van der Waals surface area contributed by atoms with E-state index in [1.54, 1.807) is 14.0 Å². The summed E-state index contributed by atoms with van der Waals surface area (Å²) in [6.07, 6.45) is -4.10. The van der Waals surface area contributed by atoms with Crippen LogP contribution in [0.2, 0.25) is 0 Å². The number of hydrogen-bond acceptors (Lipinski definition) is 10. The molecule has 7 N–H and O–H groups in total. The molecule has 5 atom stereocenters. The predicted octanol–water partition coefficient (Wildman–Crippen LogP) is -2.24. The van der Waals surface area contributed by atoms with Crippen molar-refractivity contribution in [1.29, 1.82) is 0 Å². The first kappa shape index (κ1) is 25.4. The average molecular weight is 516 g/mol. The van der Waals surface area contributed by atoms with Crippen LogP contribution in [0.5, 0.6) is 0 Å². The summed E-state index contributed by atoms with van der Waals surface area (Å²) >= 11 is 0. The summed E-state index contributed by atoms with van der Waals surface area (Å²) < 4.78 is 25.1. The van der Waals surface area contributed by atoms with Gasteiger partial charge in [-0.25, -0.2) is 18.9 Å². The van der Waals surface area contributed by atoms with Crippen molar-refractivity contribution < 1.29 is 43.7 Å². The van der Waals surface area contributed by atoms with Crippen LogP contribution in [0.25, 0.3) is 16.9 Å². The average Bonchev–Trinajstić information content (AvgIpc) is 3.43. The van der Waals surface area contributed by atoms with Crippen LogP contribution >= 0.6 is 7.82 Å². The minimum Gasteiger partial charge on any atom is -0.480 e. The molecule has 1 saturated heterocycles. The monoisotopic (exact) mass is 516 g/mol. The number of carboxylic acids is 1. The Hall–Kier alpha value is -2.69. The van der Waals surface area contributed by atoms with Gasteiger partial charge in [0.2, 0.25) is 5.78 Å². The zero-order valence-corrected chi connectivity index (χ0v) is 19.5. The fourth-order valence-corrected chi connectivity index (χ4v) is 4.53. The second kappa shape index (κ2) is 9.07. The summed E-state index contributed by atoms with van der Waals surface area (Å²) in [5, 5.41) is 29.9. The van der Waals surface area contributed by atoms with E-state index in [1.807, 2.05) is 0 Å². The lowest BCUT2D eigenvalue weighted by atomic mass is 10.1. The van der Waals surface area contributed by atoms with Gasteiger partial charge in [-0.1, -0.05) is 0 Å². The Labute approximate surface area is 196 Å². The van der Waals surface area contributed by atoms with Gasteiger partial charge >= 0.3 is 13.8 Å². The number of aliphatic hydroxyl groups excluding tert-OH is 2. The van der Waals surface area contributed by atoms with E-state index in [4.69, 9.17) is 25.4 Å². The summed E-state index contributed by atoms with van der Waals surface area (Å²) in [6.45, 7) is 0.988. The molecule has 3 aromatic heterocycles. The number of carboxylic acid groups (broad SMARTS) is 1. The molecule has 4 heterocycles. The minimum atomic E-state index is -4.83. The molecule has 0 radical (unpaired) electrons. The minimum absolute atomic E-state index is 0.0126. The van der Waals surface area contributed by atoms with Gasteiger partial charge in [0, 0.05) is 7.05 Å². The molecule has 4 rings (SSSR count). The van der Waals surface area contributed by atoms with Crippen LogP contribution in [0.4, 0.5) is 0 Å². The van der Waals surface area contributed by atoms with E-state index in [0.29, 0.717) is 11.4 Å². The first-order chi connectivity index (χ1) is 16.3. The topological polar surface area (TPSA) is 237 Å². The van der Waals surface area contributed by atoms with E-state index in [9.17, 15) is 24.4 Å². The molecule has 1 fully saturated rings. The Morgan fingerprint density at radius 1 is 1.34 bits per heavy atom. The number of carbonyl (C=O) groups is 1. The van der Waals surface area contributed by atoms with Crippen molar-refractivity contribution in [3.63, 3.8) is 0 Å². The number of nitrogens with zero attached hydrogens (tertiary/aromatic N) is 5. The molecule has 0 spiro atoms. The summed E-state index contributed by atoms with van der Waals surface area (Å²) in [5.41, 5.74) is 6.23. The fourth-order valence-electron chi connectivity index (χ4n) is 4.19. The van der Waals surface area contributed by atoms with Crippen molar-refractivity contribution in [2.24, 2.45) is 12.8 Å². The number of nitrogens with two attached hydrogens (primary N) is 1. The molecule has 3 aromatic rings. The maximum absolute atomic E-state index is 13.3. The number of aromatic nitrogens is 5. The number of rotatable bonds is 8. The highest BCUT2D eigenvalue weighted by Gasteiger charge is 2.45. The summed E-state index contributed by atoms with van der Waals surface area (Å²) in [6, 6.07) is -1.11. The molecule has 35 heavy (non-hydrogen) atoms. The van der Waals surface area contributed by atoms with Crippen LogP contribution in [-0.2, 0) is 32.1 Å². The van der Waals surface area contributed by atoms with Gasteiger partial charge in [-0.05, 0) is 19.8 Å². The lowest BCUT2D eigenvalue weighted by molar-refractivity contribution is -0.138. The standard InChI is InChI=1S/C18H25N6O10P/c1-7-9(4-3-8(19)17(28)29)24-15(27)11-14(22(2)18(24)21-7)23(6-20-11)16-13(26)12(25)10(34-16)5-33-35(30,31)32/h6,8,10,12-13,16,25-26H,3-5,19H2,1-2H3,(H,28,29)(H2,30,31,32)/t8-,10+,12+,13+,16+/m0/s1. The summed E-state index contributed by atoms with van der Waals surface area (Å²) in [5.74, 6) is -0.942. The number of aliphatic carboxylic acids is 1. The Bertz CT molecular complexity index is 1390.